The number of imidazole rings is 1. The number of nitrogens with zero attached hydrogens (tertiary/aromatic N) is 3. The van der Waals surface area contributed by atoms with Gasteiger partial charge in [0.05, 0.1) is 6.61 Å². The van der Waals surface area contributed by atoms with Crippen LogP contribution in [0.4, 0.5) is 5.82 Å². The van der Waals surface area contributed by atoms with Crippen molar-refractivity contribution in [1.29, 1.82) is 0 Å². The molecular formula is C13H19N3O3S. The number of thiazole rings is 1. The molecule has 1 atom stereocenters. The van der Waals surface area contributed by atoms with Crippen LogP contribution in [-0.4, -0.2) is 46.8 Å². The molecule has 2 rings (SSSR count). The molecule has 0 radical (unpaired) electrons. The zero-order chi connectivity index (χ0) is 14.7. The second kappa shape index (κ2) is 6.23. The van der Waals surface area contributed by atoms with Crippen LogP contribution in [0, 0.1) is 0 Å². The molecule has 0 saturated carbocycles. The average Bonchev–Trinajstić information content (AvgIpc) is 2.98. The maximum absolute atomic E-state index is 11.6. The summed E-state index contributed by atoms with van der Waals surface area (Å²) in [7, 11) is 1.64. The van der Waals surface area contributed by atoms with Gasteiger partial charge in [0, 0.05) is 31.3 Å². The molecule has 0 aliphatic rings. The number of carboxylic acids is 1. The van der Waals surface area contributed by atoms with Gasteiger partial charge in [-0.2, -0.15) is 0 Å². The van der Waals surface area contributed by atoms with Crippen LogP contribution in [0.1, 0.15) is 30.8 Å². The second-order valence-corrected chi connectivity index (χ2v) is 5.46. The fraction of sp³-hybridized carbons (Fsp3) is 0.538. The van der Waals surface area contributed by atoms with Crippen LogP contribution in [0.3, 0.4) is 0 Å². The van der Waals surface area contributed by atoms with Crippen molar-refractivity contribution in [3.05, 3.63) is 17.3 Å². The summed E-state index contributed by atoms with van der Waals surface area (Å²) in [6, 6.07) is 0.202. The van der Waals surface area contributed by atoms with E-state index < -0.39 is 5.97 Å². The zero-order valence-electron chi connectivity index (χ0n) is 11.9. The lowest BCUT2D eigenvalue weighted by atomic mass is 10.2. The van der Waals surface area contributed by atoms with Crippen molar-refractivity contribution in [2.75, 3.05) is 25.2 Å². The highest BCUT2D eigenvalue weighted by molar-refractivity contribution is 7.15. The molecule has 6 nitrogen and oxygen atoms in total. The van der Waals surface area contributed by atoms with Gasteiger partial charge in [0.2, 0.25) is 0 Å². The van der Waals surface area contributed by atoms with Crippen molar-refractivity contribution in [2.45, 2.75) is 26.3 Å². The standard InChI is InChI=1S/C13H19N3O3S/c1-4-9(2)15(5-7-19-3)11-10(12(17)18)16-6-8-20-13(16)14-11/h6,8-9H,4-5,7H2,1-3H3,(H,17,18). The Balaban J connectivity index is 2.48. The van der Waals surface area contributed by atoms with Crippen LogP contribution in [0.2, 0.25) is 0 Å². The molecule has 0 aliphatic heterocycles. The number of methoxy groups -OCH3 is 1. The van der Waals surface area contributed by atoms with Crippen LogP contribution in [-0.2, 0) is 4.74 Å². The molecule has 2 heterocycles. The SMILES string of the molecule is CCC(C)N(CCOC)c1nc2sccn2c1C(=O)O. The van der Waals surface area contributed by atoms with Crippen LogP contribution in [0.15, 0.2) is 11.6 Å². The molecule has 2 aromatic heterocycles. The van der Waals surface area contributed by atoms with Gasteiger partial charge in [-0.3, -0.25) is 4.40 Å². The number of carboxylic acid groups (broad SMARTS) is 1. The number of hydrogen-bond donors (Lipinski definition) is 1. The van der Waals surface area contributed by atoms with Crippen molar-refractivity contribution < 1.29 is 14.6 Å². The Morgan fingerprint density at radius 2 is 2.40 bits per heavy atom. The maximum atomic E-state index is 11.6. The summed E-state index contributed by atoms with van der Waals surface area (Å²) in [4.78, 5) is 18.8. The molecular weight excluding hydrogens is 278 g/mol. The quantitative estimate of drug-likeness (QED) is 0.849. The first-order valence-electron chi connectivity index (χ1n) is 6.54. The smallest absolute Gasteiger partial charge is 0.356 e. The van der Waals surface area contributed by atoms with Crippen molar-refractivity contribution in [1.82, 2.24) is 9.38 Å². The first-order valence-corrected chi connectivity index (χ1v) is 7.42. The third-order valence-electron chi connectivity index (χ3n) is 3.38. The molecule has 0 fully saturated rings. The highest BCUT2D eigenvalue weighted by atomic mass is 32.1. The number of aromatic nitrogens is 2. The van der Waals surface area contributed by atoms with Gasteiger partial charge in [0.1, 0.15) is 0 Å². The van der Waals surface area contributed by atoms with E-state index in [2.05, 4.69) is 18.8 Å². The predicted octanol–water partition coefficient (Wildman–Crippen LogP) is 2.35. The number of fused-ring (bicyclic) bond motifs is 1. The molecule has 7 heteroatoms. The van der Waals surface area contributed by atoms with Gasteiger partial charge in [0.25, 0.3) is 0 Å². The van der Waals surface area contributed by atoms with E-state index in [1.807, 2.05) is 10.3 Å². The normalized spacial score (nSPS) is 12.8. The summed E-state index contributed by atoms with van der Waals surface area (Å²) in [5.74, 6) is -0.438. The van der Waals surface area contributed by atoms with E-state index in [0.717, 1.165) is 6.42 Å². The summed E-state index contributed by atoms with van der Waals surface area (Å²) in [5.41, 5.74) is 0.220. The van der Waals surface area contributed by atoms with Crippen LogP contribution in [0.25, 0.3) is 4.96 Å². The molecule has 2 aromatic rings. The minimum atomic E-state index is -0.961. The van der Waals surface area contributed by atoms with E-state index in [1.165, 1.54) is 11.3 Å². The minimum absolute atomic E-state index is 0.202. The predicted molar refractivity (Wildman–Crippen MR) is 79.0 cm³/mol. The van der Waals surface area contributed by atoms with Crippen LogP contribution in [0.5, 0.6) is 0 Å². The Morgan fingerprint density at radius 3 is 3.00 bits per heavy atom. The molecule has 1 unspecified atom stereocenters. The monoisotopic (exact) mass is 297 g/mol. The first-order chi connectivity index (χ1) is 9.60. The Hall–Kier alpha value is -1.60. The second-order valence-electron chi connectivity index (χ2n) is 4.59. The summed E-state index contributed by atoms with van der Waals surface area (Å²) in [5, 5.41) is 11.3. The van der Waals surface area contributed by atoms with Crippen molar-refractivity contribution in [2.24, 2.45) is 0 Å². The number of hydrogen-bond acceptors (Lipinski definition) is 5. The van der Waals surface area contributed by atoms with E-state index in [0.29, 0.717) is 23.9 Å². The number of aromatic carboxylic acids is 1. The third-order valence-corrected chi connectivity index (χ3v) is 4.13. The van der Waals surface area contributed by atoms with Crippen LogP contribution < -0.4 is 4.90 Å². The van der Waals surface area contributed by atoms with Crippen molar-refractivity contribution >= 4 is 28.1 Å². The van der Waals surface area contributed by atoms with E-state index >= 15 is 0 Å². The lowest BCUT2D eigenvalue weighted by molar-refractivity contribution is 0.0690. The molecule has 0 saturated heterocycles. The van der Waals surface area contributed by atoms with E-state index in [9.17, 15) is 9.90 Å². The largest absolute Gasteiger partial charge is 0.476 e. The zero-order valence-corrected chi connectivity index (χ0v) is 12.7. The lowest BCUT2D eigenvalue weighted by Crippen LogP contribution is -2.36. The molecule has 0 aliphatic carbocycles. The molecule has 110 valence electrons. The Labute approximate surface area is 121 Å². The highest BCUT2D eigenvalue weighted by Gasteiger charge is 2.26. The van der Waals surface area contributed by atoms with Gasteiger partial charge in [-0.1, -0.05) is 6.92 Å². The average molecular weight is 297 g/mol. The number of rotatable bonds is 7. The van der Waals surface area contributed by atoms with Gasteiger partial charge >= 0.3 is 5.97 Å². The summed E-state index contributed by atoms with van der Waals surface area (Å²) in [6.07, 6.45) is 2.65. The van der Waals surface area contributed by atoms with Gasteiger partial charge in [-0.15, -0.1) is 11.3 Å². The van der Waals surface area contributed by atoms with E-state index in [4.69, 9.17) is 4.74 Å². The number of carbonyl (C=O) groups is 1. The van der Waals surface area contributed by atoms with Crippen molar-refractivity contribution in [3.8, 4) is 0 Å². The first kappa shape index (κ1) is 14.8. The topological polar surface area (TPSA) is 67.1 Å². The molecule has 20 heavy (non-hydrogen) atoms. The fourth-order valence-corrected chi connectivity index (χ4v) is 2.83. The number of anilines is 1. The van der Waals surface area contributed by atoms with Gasteiger partial charge in [-0.05, 0) is 13.3 Å². The number of ether oxygens (including phenoxy) is 1. The molecule has 0 amide bonds. The third kappa shape index (κ3) is 2.64. The van der Waals surface area contributed by atoms with Gasteiger partial charge in [-0.25, -0.2) is 9.78 Å². The fourth-order valence-electron chi connectivity index (χ4n) is 2.12. The summed E-state index contributed by atoms with van der Waals surface area (Å²) < 4.78 is 6.75. The Bertz CT molecular complexity index is 593. The molecule has 0 bridgehead atoms. The highest BCUT2D eigenvalue weighted by Crippen LogP contribution is 2.26. The van der Waals surface area contributed by atoms with E-state index in [1.54, 1.807) is 17.7 Å². The minimum Gasteiger partial charge on any atom is -0.476 e. The molecule has 1 N–H and O–H groups in total. The molecule has 0 aromatic carbocycles. The Morgan fingerprint density at radius 1 is 1.65 bits per heavy atom. The van der Waals surface area contributed by atoms with E-state index in [-0.39, 0.29) is 11.7 Å². The van der Waals surface area contributed by atoms with Crippen molar-refractivity contribution in [3.63, 3.8) is 0 Å². The Kier molecular flexibility index (Phi) is 4.61. The lowest BCUT2D eigenvalue weighted by Gasteiger charge is -2.28. The summed E-state index contributed by atoms with van der Waals surface area (Å²) >= 11 is 1.43. The summed E-state index contributed by atoms with van der Waals surface area (Å²) in [6.45, 7) is 5.29. The van der Waals surface area contributed by atoms with Crippen LogP contribution >= 0.6 is 11.3 Å². The van der Waals surface area contributed by atoms with Gasteiger partial charge in [0.15, 0.2) is 16.5 Å². The van der Waals surface area contributed by atoms with Gasteiger partial charge < -0.3 is 14.7 Å². The molecule has 0 spiro atoms. The maximum Gasteiger partial charge on any atom is 0.356 e.